The van der Waals surface area contributed by atoms with Crippen molar-refractivity contribution in [3.8, 4) is 5.75 Å². The monoisotopic (exact) mass is 441 g/mol. The maximum atomic E-state index is 13.0. The molecule has 1 heterocycles. The molecular formula is C27H27N3O3. The summed E-state index contributed by atoms with van der Waals surface area (Å²) in [7, 11) is 0. The van der Waals surface area contributed by atoms with Gasteiger partial charge in [-0.15, -0.1) is 4.85 Å². The number of ether oxygens (including phenoxy) is 1. The Kier molecular flexibility index (Phi) is 6.54. The smallest absolute Gasteiger partial charge is 0.366 e. The van der Waals surface area contributed by atoms with Crippen molar-refractivity contribution in [2.45, 2.75) is 33.6 Å². The Balaban J connectivity index is 1.47. The van der Waals surface area contributed by atoms with Gasteiger partial charge in [-0.1, -0.05) is 46.2 Å². The highest BCUT2D eigenvalue weighted by Gasteiger charge is 2.22. The van der Waals surface area contributed by atoms with Crippen LogP contribution in [-0.4, -0.2) is 22.4 Å². The molecule has 0 amide bonds. The third-order valence-electron chi connectivity index (χ3n) is 5.51. The van der Waals surface area contributed by atoms with Gasteiger partial charge in [0.2, 0.25) is 11.0 Å². The second-order valence-electron chi connectivity index (χ2n) is 8.37. The highest BCUT2D eigenvalue weighted by molar-refractivity contribution is 6.02. The lowest BCUT2D eigenvalue weighted by atomic mass is 10.1. The molecule has 33 heavy (non-hydrogen) atoms. The average Bonchev–Trinajstić information content (AvgIpc) is 3.14. The van der Waals surface area contributed by atoms with Crippen LogP contribution < -0.4 is 9.58 Å². The van der Waals surface area contributed by atoms with Gasteiger partial charge in [0.05, 0.1) is 5.56 Å². The maximum Gasteiger partial charge on any atom is 0.366 e. The molecule has 0 bridgehead atoms. The van der Waals surface area contributed by atoms with E-state index in [-0.39, 0.29) is 5.91 Å². The van der Waals surface area contributed by atoms with E-state index in [9.17, 15) is 10.0 Å². The van der Waals surface area contributed by atoms with Gasteiger partial charge in [-0.05, 0) is 86.9 Å². The van der Waals surface area contributed by atoms with E-state index in [1.807, 2.05) is 24.3 Å². The minimum Gasteiger partial charge on any atom is -0.691 e. The van der Waals surface area contributed by atoms with Gasteiger partial charge >= 0.3 is 5.91 Å². The van der Waals surface area contributed by atoms with Crippen LogP contribution in [0.4, 0.5) is 0 Å². The molecule has 0 N–H and O–H groups in total. The first-order valence-electron chi connectivity index (χ1n) is 11.0. The molecule has 1 aromatic heterocycles. The number of carbonyl (C=O) groups excluding carboxylic acids is 1. The van der Waals surface area contributed by atoms with E-state index < -0.39 is 0 Å². The second kappa shape index (κ2) is 9.69. The molecule has 0 fully saturated rings. The highest BCUT2D eigenvalue weighted by Crippen LogP contribution is 2.23. The van der Waals surface area contributed by atoms with Gasteiger partial charge in [-0.25, -0.2) is 4.79 Å². The molecule has 3 aromatic carbocycles. The normalized spacial score (nSPS) is 11.7. The summed E-state index contributed by atoms with van der Waals surface area (Å²) in [6.07, 6.45) is 6.43. The molecule has 168 valence electrons. The average molecular weight is 442 g/mol. The summed E-state index contributed by atoms with van der Waals surface area (Å²) in [6, 6.07) is 18.1. The van der Waals surface area contributed by atoms with Crippen LogP contribution in [0.15, 0.2) is 84.0 Å². The minimum absolute atomic E-state index is 0.350. The zero-order chi connectivity index (χ0) is 23.4. The molecule has 0 unspecified atom stereocenters. The van der Waals surface area contributed by atoms with Crippen molar-refractivity contribution in [3.63, 3.8) is 0 Å². The van der Waals surface area contributed by atoms with E-state index in [2.05, 4.69) is 38.1 Å². The molecule has 6 heteroatoms. The van der Waals surface area contributed by atoms with Gasteiger partial charge in [0.1, 0.15) is 17.6 Å². The maximum absolute atomic E-state index is 13.0. The number of benzene rings is 3. The fourth-order valence-corrected chi connectivity index (χ4v) is 3.67. The number of aromatic nitrogens is 3. The summed E-state index contributed by atoms with van der Waals surface area (Å²) >= 11 is 0. The Hall–Kier alpha value is -3.93. The predicted molar refractivity (Wildman–Crippen MR) is 130 cm³/mol. The number of hydrogen-bond donors (Lipinski definition) is 0. The van der Waals surface area contributed by atoms with Crippen LogP contribution in [0.25, 0.3) is 21.8 Å². The minimum atomic E-state index is -0.350. The first-order valence-corrected chi connectivity index (χ1v) is 11.0. The zero-order valence-electron chi connectivity index (χ0n) is 19.1. The number of nitrogens with zero attached hydrogens (tertiary/aromatic N) is 3. The van der Waals surface area contributed by atoms with E-state index in [0.29, 0.717) is 28.0 Å². The SMILES string of the molecule is CC(C)=CCCC(C)=CCOc1ccc2cc(C(=O)n3n[n+]([O-])c4ccccc43)ccc2c1. The van der Waals surface area contributed by atoms with Crippen LogP contribution in [0.2, 0.25) is 0 Å². The van der Waals surface area contributed by atoms with Crippen molar-refractivity contribution in [2.24, 2.45) is 0 Å². The van der Waals surface area contributed by atoms with Crippen LogP contribution in [0.1, 0.15) is 44.0 Å². The van der Waals surface area contributed by atoms with Gasteiger partial charge in [0.25, 0.3) is 0 Å². The molecule has 0 aliphatic rings. The third-order valence-corrected chi connectivity index (χ3v) is 5.51. The molecule has 6 nitrogen and oxygen atoms in total. The lowest BCUT2D eigenvalue weighted by Crippen LogP contribution is -2.31. The lowest BCUT2D eigenvalue weighted by Gasteiger charge is -2.07. The van der Waals surface area contributed by atoms with E-state index in [1.54, 1.807) is 36.4 Å². The first kappa shape index (κ1) is 22.3. The Labute approximate surface area is 193 Å². The Bertz CT molecular complexity index is 1380. The molecule has 0 atom stereocenters. The lowest BCUT2D eigenvalue weighted by molar-refractivity contribution is -0.645. The summed E-state index contributed by atoms with van der Waals surface area (Å²) in [5.41, 5.74) is 3.94. The highest BCUT2D eigenvalue weighted by atomic mass is 16.5. The number of hydrogen-bond acceptors (Lipinski definition) is 4. The Morgan fingerprint density at radius 3 is 2.61 bits per heavy atom. The molecular weight excluding hydrogens is 414 g/mol. The molecule has 4 aromatic rings. The van der Waals surface area contributed by atoms with Crippen LogP contribution in [0.3, 0.4) is 0 Å². The zero-order valence-corrected chi connectivity index (χ0v) is 19.1. The van der Waals surface area contributed by atoms with Crippen LogP contribution in [0, 0.1) is 5.21 Å². The number of carbonyl (C=O) groups is 1. The summed E-state index contributed by atoms with van der Waals surface area (Å²) in [5, 5.41) is 17.7. The van der Waals surface area contributed by atoms with Gasteiger partial charge in [-0.2, -0.15) is 0 Å². The summed E-state index contributed by atoms with van der Waals surface area (Å²) < 4.78 is 7.05. The Morgan fingerprint density at radius 1 is 1.03 bits per heavy atom. The number of fused-ring (bicyclic) bond motifs is 2. The van der Waals surface area contributed by atoms with E-state index >= 15 is 0 Å². The van der Waals surface area contributed by atoms with Crippen LogP contribution in [-0.2, 0) is 0 Å². The van der Waals surface area contributed by atoms with E-state index in [4.69, 9.17) is 4.74 Å². The molecule has 0 aliphatic heterocycles. The van der Waals surface area contributed by atoms with Gasteiger partial charge in [-0.3, -0.25) is 0 Å². The molecule has 0 aliphatic carbocycles. The molecule has 0 spiro atoms. The fraction of sp³-hybridized carbons (Fsp3) is 0.222. The molecule has 0 saturated carbocycles. The second-order valence-corrected chi connectivity index (χ2v) is 8.37. The van der Waals surface area contributed by atoms with Crippen molar-refractivity contribution in [3.05, 3.63) is 94.7 Å². The number of rotatable bonds is 7. The van der Waals surface area contributed by atoms with Gasteiger partial charge in [0, 0.05) is 0 Å². The third kappa shape index (κ3) is 5.12. The predicted octanol–water partition coefficient (Wildman–Crippen LogP) is 5.58. The van der Waals surface area contributed by atoms with Crippen molar-refractivity contribution in [2.75, 3.05) is 6.61 Å². The largest absolute Gasteiger partial charge is 0.691 e. The fourth-order valence-electron chi connectivity index (χ4n) is 3.67. The Morgan fingerprint density at radius 2 is 1.79 bits per heavy atom. The topological polar surface area (TPSA) is 71.1 Å². The molecule has 0 saturated heterocycles. The van der Waals surface area contributed by atoms with Crippen LogP contribution >= 0.6 is 0 Å². The van der Waals surface area contributed by atoms with E-state index in [0.717, 1.165) is 34.0 Å². The number of para-hydroxylation sites is 2. The van der Waals surface area contributed by atoms with Crippen molar-refractivity contribution in [1.82, 2.24) is 9.90 Å². The quantitative estimate of drug-likeness (QED) is 0.213. The van der Waals surface area contributed by atoms with Crippen LogP contribution in [0.5, 0.6) is 5.75 Å². The summed E-state index contributed by atoms with van der Waals surface area (Å²) in [4.78, 5) is 13.5. The van der Waals surface area contributed by atoms with Crippen molar-refractivity contribution < 1.29 is 14.4 Å². The molecule has 4 rings (SSSR count). The molecule has 0 radical (unpaired) electrons. The van der Waals surface area contributed by atoms with Gasteiger partial charge < -0.3 is 9.94 Å². The standard InChI is InChI=1S/C27H27N3O3/c1-19(2)7-6-8-20(3)15-16-33-24-14-13-21-17-23(12-11-22(21)18-24)27(31)29-25-9-4-5-10-26(25)30(32)28-29/h4-5,7,9-15,17-18H,6,8,16H2,1-3H3. The van der Waals surface area contributed by atoms with E-state index in [1.165, 1.54) is 11.1 Å². The van der Waals surface area contributed by atoms with Crippen molar-refractivity contribution >= 4 is 27.7 Å². The first-order chi connectivity index (χ1) is 15.9. The summed E-state index contributed by atoms with van der Waals surface area (Å²) in [5.74, 6) is 0.428. The van der Waals surface area contributed by atoms with Gasteiger partial charge in [0.15, 0.2) is 0 Å². The van der Waals surface area contributed by atoms with Crippen molar-refractivity contribution in [1.29, 1.82) is 0 Å². The summed E-state index contributed by atoms with van der Waals surface area (Å²) in [6.45, 7) is 6.87. The number of allylic oxidation sites excluding steroid dienone is 3.